The van der Waals surface area contributed by atoms with E-state index >= 15 is 0 Å². The van der Waals surface area contributed by atoms with Crippen molar-refractivity contribution in [3.63, 3.8) is 0 Å². The van der Waals surface area contributed by atoms with Crippen molar-refractivity contribution in [2.45, 2.75) is 18.9 Å². The van der Waals surface area contributed by atoms with Gasteiger partial charge >= 0.3 is 0 Å². The highest BCUT2D eigenvalue weighted by molar-refractivity contribution is 6.35. The van der Waals surface area contributed by atoms with Crippen molar-refractivity contribution in [3.05, 3.63) is 70.2 Å². The molecule has 1 heterocycles. The molecule has 28 heavy (non-hydrogen) atoms. The van der Waals surface area contributed by atoms with Crippen LogP contribution in [0.4, 0.5) is 0 Å². The van der Waals surface area contributed by atoms with E-state index in [1.807, 2.05) is 18.2 Å². The summed E-state index contributed by atoms with van der Waals surface area (Å²) in [4.78, 5) is 25.1. The lowest BCUT2D eigenvalue weighted by molar-refractivity contribution is -0.345. The second-order valence-corrected chi connectivity index (χ2v) is 7.05. The lowest BCUT2D eigenvalue weighted by Gasteiger charge is -2.25. The molecule has 0 amide bonds. The maximum Gasteiger partial charge on any atom is 0.0870 e. The van der Waals surface area contributed by atoms with Crippen LogP contribution >= 0.6 is 11.6 Å². The standard InChI is InChI=1S/C19H21ClN2.C2H2O4/c1-22(2)12-11-15-13-14-7-3-4-8-16(14)19(21-15)17-9-5-6-10-18(17)20;3-1(4)2(5)6/h3-10,15H,11-13H2,1-2H3;(H,3,4)(H,5,6)/p-2. The summed E-state index contributed by atoms with van der Waals surface area (Å²) >= 11 is 6.41. The van der Waals surface area contributed by atoms with Crippen molar-refractivity contribution in [3.8, 4) is 0 Å². The first kappa shape index (κ1) is 21.6. The van der Waals surface area contributed by atoms with Crippen molar-refractivity contribution in [2.24, 2.45) is 4.99 Å². The summed E-state index contributed by atoms with van der Waals surface area (Å²) in [6.07, 6.45) is 2.08. The Morgan fingerprint density at radius 3 is 2.18 bits per heavy atom. The maximum atomic E-state index is 8.93. The topological polar surface area (TPSA) is 95.9 Å². The van der Waals surface area contributed by atoms with Crippen molar-refractivity contribution >= 4 is 29.3 Å². The highest BCUT2D eigenvalue weighted by Gasteiger charge is 2.22. The first-order valence-electron chi connectivity index (χ1n) is 8.77. The van der Waals surface area contributed by atoms with Gasteiger partial charge in [0.15, 0.2) is 0 Å². The van der Waals surface area contributed by atoms with Gasteiger partial charge in [-0.2, -0.15) is 0 Å². The van der Waals surface area contributed by atoms with E-state index in [0.29, 0.717) is 6.04 Å². The average Bonchev–Trinajstić information content (AvgIpc) is 2.66. The van der Waals surface area contributed by atoms with Crippen LogP contribution in [0, 0.1) is 0 Å². The first-order chi connectivity index (χ1) is 13.3. The van der Waals surface area contributed by atoms with Crippen molar-refractivity contribution < 1.29 is 19.8 Å². The molecule has 0 saturated heterocycles. The van der Waals surface area contributed by atoms with Crippen molar-refractivity contribution in [2.75, 3.05) is 20.6 Å². The number of aliphatic imine (C=N–C) groups is 1. The molecule has 0 N–H and O–H groups in total. The van der Waals surface area contributed by atoms with Gasteiger partial charge in [-0.05, 0) is 45.1 Å². The minimum absolute atomic E-state index is 0.323. The number of hydrogen-bond acceptors (Lipinski definition) is 6. The molecule has 1 unspecified atom stereocenters. The van der Waals surface area contributed by atoms with Crippen molar-refractivity contribution in [1.29, 1.82) is 0 Å². The quantitative estimate of drug-likeness (QED) is 0.698. The van der Waals surface area contributed by atoms with Gasteiger partial charge in [-0.3, -0.25) is 4.99 Å². The summed E-state index contributed by atoms with van der Waals surface area (Å²) in [5, 5.41) is 18.6. The largest absolute Gasteiger partial charge is 0.543 e. The van der Waals surface area contributed by atoms with Gasteiger partial charge in [0.1, 0.15) is 0 Å². The third-order valence-corrected chi connectivity index (χ3v) is 4.57. The lowest BCUT2D eigenvalue weighted by atomic mass is 9.89. The van der Waals surface area contributed by atoms with Gasteiger partial charge in [-0.25, -0.2) is 0 Å². The molecule has 148 valence electrons. The molecule has 0 aromatic heterocycles. The van der Waals surface area contributed by atoms with Crippen molar-refractivity contribution in [1.82, 2.24) is 4.90 Å². The second-order valence-electron chi connectivity index (χ2n) is 6.64. The van der Waals surface area contributed by atoms with Crippen LogP contribution in [-0.2, 0) is 16.0 Å². The van der Waals surface area contributed by atoms with E-state index in [0.717, 1.165) is 35.7 Å². The highest BCUT2D eigenvalue weighted by atomic mass is 35.5. The average molecular weight is 401 g/mol. The molecule has 0 spiro atoms. The number of benzene rings is 2. The first-order valence-corrected chi connectivity index (χ1v) is 9.15. The molecule has 2 aromatic rings. The van der Waals surface area contributed by atoms with Gasteiger partial charge in [-0.1, -0.05) is 54.1 Å². The van der Waals surface area contributed by atoms with Gasteiger partial charge in [-0.15, -0.1) is 0 Å². The van der Waals surface area contributed by atoms with Gasteiger partial charge in [0.2, 0.25) is 0 Å². The molecule has 1 aliphatic heterocycles. The Labute approximate surface area is 169 Å². The summed E-state index contributed by atoms with van der Waals surface area (Å²) in [5.74, 6) is -4.37. The van der Waals surface area contributed by atoms with Crippen LogP contribution in [0.25, 0.3) is 0 Å². The maximum absolute atomic E-state index is 8.93. The Bertz CT molecular complexity index is 868. The number of carbonyl (C=O) groups is 2. The Balaban J connectivity index is 0.000000409. The molecule has 2 aromatic carbocycles. The van der Waals surface area contributed by atoms with Gasteiger partial charge in [0.05, 0.1) is 23.7 Å². The van der Waals surface area contributed by atoms with E-state index in [1.54, 1.807) is 0 Å². The predicted molar refractivity (Wildman–Crippen MR) is 104 cm³/mol. The number of fused-ring (bicyclic) bond motifs is 1. The molecular weight excluding hydrogens is 380 g/mol. The van der Waals surface area contributed by atoms with Crippen LogP contribution in [0.2, 0.25) is 5.02 Å². The Morgan fingerprint density at radius 1 is 1.04 bits per heavy atom. The van der Waals surface area contributed by atoms with Gasteiger partial charge < -0.3 is 24.7 Å². The number of carboxylic acids is 2. The number of carboxylic acid groups (broad SMARTS) is 2. The number of carbonyl (C=O) groups excluding carboxylic acids is 2. The number of nitrogens with zero attached hydrogens (tertiary/aromatic N) is 2. The number of aliphatic carboxylic acids is 2. The SMILES string of the molecule is CN(C)CCC1Cc2ccccc2C(c2ccccc2Cl)=N1.O=C([O-])C(=O)[O-]. The van der Waals surface area contributed by atoms with Crippen LogP contribution in [0.15, 0.2) is 53.5 Å². The summed E-state index contributed by atoms with van der Waals surface area (Å²) in [7, 11) is 4.21. The third kappa shape index (κ3) is 5.90. The molecular formula is C21H21ClN2O4-2. The molecule has 1 atom stereocenters. The fourth-order valence-electron chi connectivity index (χ4n) is 2.92. The monoisotopic (exact) mass is 400 g/mol. The molecule has 7 heteroatoms. The smallest absolute Gasteiger partial charge is 0.0870 e. The molecule has 0 aliphatic carbocycles. The molecule has 0 radical (unpaired) electrons. The fraction of sp³-hybridized carbons (Fsp3) is 0.286. The van der Waals surface area contributed by atoms with E-state index in [1.165, 1.54) is 11.1 Å². The molecule has 0 fully saturated rings. The zero-order chi connectivity index (χ0) is 20.7. The molecule has 0 bridgehead atoms. The number of halogens is 1. The van der Waals surface area contributed by atoms with Crippen LogP contribution in [0.3, 0.4) is 0 Å². The van der Waals surface area contributed by atoms with E-state index in [4.69, 9.17) is 36.4 Å². The predicted octanol–water partition coefficient (Wildman–Crippen LogP) is 0.540. The van der Waals surface area contributed by atoms with Gasteiger partial charge in [0, 0.05) is 16.1 Å². The van der Waals surface area contributed by atoms with Crippen LogP contribution in [0.1, 0.15) is 23.1 Å². The van der Waals surface area contributed by atoms with Crippen LogP contribution in [0.5, 0.6) is 0 Å². The van der Waals surface area contributed by atoms with E-state index in [2.05, 4.69) is 49.3 Å². The summed E-state index contributed by atoms with van der Waals surface area (Å²) < 4.78 is 0. The van der Waals surface area contributed by atoms with E-state index < -0.39 is 11.9 Å². The highest BCUT2D eigenvalue weighted by Crippen LogP contribution is 2.28. The Kier molecular flexibility index (Phi) is 7.72. The van der Waals surface area contributed by atoms with Crippen LogP contribution < -0.4 is 10.2 Å². The molecule has 3 rings (SSSR count). The van der Waals surface area contributed by atoms with E-state index in [9.17, 15) is 0 Å². The zero-order valence-electron chi connectivity index (χ0n) is 15.7. The van der Waals surface area contributed by atoms with Crippen LogP contribution in [-0.4, -0.2) is 49.2 Å². The summed E-state index contributed by atoms with van der Waals surface area (Å²) in [5.41, 5.74) is 4.66. The minimum atomic E-state index is -2.19. The second kappa shape index (κ2) is 10.0. The summed E-state index contributed by atoms with van der Waals surface area (Å²) in [6.45, 7) is 1.05. The number of hydrogen-bond donors (Lipinski definition) is 0. The fourth-order valence-corrected chi connectivity index (χ4v) is 3.15. The Hall–Kier alpha value is -2.70. The lowest BCUT2D eigenvalue weighted by Crippen LogP contribution is -2.42. The number of rotatable bonds is 4. The van der Waals surface area contributed by atoms with E-state index in [-0.39, 0.29) is 0 Å². The third-order valence-electron chi connectivity index (χ3n) is 4.24. The summed E-state index contributed by atoms with van der Waals surface area (Å²) in [6, 6.07) is 16.9. The molecule has 6 nitrogen and oxygen atoms in total. The zero-order valence-corrected chi connectivity index (χ0v) is 16.5. The Morgan fingerprint density at radius 2 is 1.61 bits per heavy atom. The molecule has 1 aliphatic rings. The van der Waals surface area contributed by atoms with Gasteiger partial charge in [0.25, 0.3) is 0 Å². The normalized spacial score (nSPS) is 15.1. The molecule has 0 saturated carbocycles. The minimum Gasteiger partial charge on any atom is -0.543 e.